The second-order valence-corrected chi connectivity index (χ2v) is 6.16. The van der Waals surface area contributed by atoms with Crippen LogP contribution in [0.2, 0.25) is 0 Å². The molecule has 0 aliphatic heterocycles. The Morgan fingerprint density at radius 1 is 1.39 bits per heavy atom. The summed E-state index contributed by atoms with van der Waals surface area (Å²) in [6.45, 7) is 5.72. The Labute approximate surface area is 136 Å². The number of anilines is 1. The molecule has 0 radical (unpaired) electrons. The summed E-state index contributed by atoms with van der Waals surface area (Å²) < 4.78 is 1.61. The fraction of sp³-hybridized carbons (Fsp3) is 0.333. The van der Waals surface area contributed by atoms with Crippen molar-refractivity contribution in [2.24, 2.45) is 0 Å². The molecule has 0 fully saturated rings. The molecule has 3 heterocycles. The van der Waals surface area contributed by atoms with Crippen LogP contribution in [0.5, 0.6) is 0 Å². The zero-order valence-electron chi connectivity index (χ0n) is 13.1. The van der Waals surface area contributed by atoms with E-state index in [9.17, 15) is 9.59 Å². The molecule has 2 N–H and O–H groups in total. The van der Waals surface area contributed by atoms with E-state index in [1.54, 1.807) is 4.52 Å². The van der Waals surface area contributed by atoms with Crippen LogP contribution in [-0.2, 0) is 17.6 Å². The summed E-state index contributed by atoms with van der Waals surface area (Å²) in [5, 5.41) is 8.03. The summed E-state index contributed by atoms with van der Waals surface area (Å²) in [7, 11) is 0. The van der Waals surface area contributed by atoms with Crippen molar-refractivity contribution < 1.29 is 4.79 Å². The smallest absolute Gasteiger partial charge is 0.266 e. The highest BCUT2D eigenvalue weighted by Gasteiger charge is 2.15. The molecule has 0 saturated carbocycles. The number of nitrogens with zero attached hydrogens (tertiary/aromatic N) is 3. The Kier molecular flexibility index (Phi) is 3.99. The predicted molar refractivity (Wildman–Crippen MR) is 89.1 cm³/mol. The van der Waals surface area contributed by atoms with Crippen LogP contribution < -0.4 is 10.9 Å². The van der Waals surface area contributed by atoms with Crippen LogP contribution in [0.15, 0.2) is 16.2 Å². The summed E-state index contributed by atoms with van der Waals surface area (Å²) in [4.78, 5) is 32.4. The van der Waals surface area contributed by atoms with Crippen molar-refractivity contribution in [2.75, 3.05) is 5.32 Å². The molecule has 8 heteroatoms. The van der Waals surface area contributed by atoms with Crippen molar-refractivity contribution in [3.8, 4) is 0 Å². The van der Waals surface area contributed by atoms with Gasteiger partial charge >= 0.3 is 0 Å². The molecule has 3 aromatic heterocycles. The maximum absolute atomic E-state index is 12.3. The van der Waals surface area contributed by atoms with E-state index in [1.165, 1.54) is 17.4 Å². The van der Waals surface area contributed by atoms with Crippen molar-refractivity contribution in [1.82, 2.24) is 19.6 Å². The van der Waals surface area contributed by atoms with Gasteiger partial charge in [0.2, 0.25) is 5.91 Å². The van der Waals surface area contributed by atoms with Crippen LogP contribution in [-0.4, -0.2) is 25.5 Å². The molecular formula is C15H17N5O2S. The molecule has 0 aliphatic rings. The van der Waals surface area contributed by atoms with Gasteiger partial charge in [0, 0.05) is 28.4 Å². The van der Waals surface area contributed by atoms with E-state index in [1.807, 2.05) is 26.2 Å². The molecule has 0 unspecified atom stereocenters. The molecule has 0 aromatic carbocycles. The molecule has 0 aliphatic carbocycles. The van der Waals surface area contributed by atoms with E-state index in [-0.39, 0.29) is 17.9 Å². The SMILES string of the molecule is CCc1csc(NC(=O)Cc2c(C)nc3cc(=O)[nH]n3c2C)n1. The number of carbonyl (C=O) groups is 1. The second-order valence-electron chi connectivity index (χ2n) is 5.30. The van der Waals surface area contributed by atoms with Crippen LogP contribution in [0.4, 0.5) is 5.13 Å². The van der Waals surface area contributed by atoms with Gasteiger partial charge in [-0.25, -0.2) is 14.5 Å². The lowest BCUT2D eigenvalue weighted by Gasteiger charge is -2.11. The van der Waals surface area contributed by atoms with Gasteiger partial charge in [-0.3, -0.25) is 14.7 Å². The lowest BCUT2D eigenvalue weighted by Crippen LogP contribution is -2.17. The summed E-state index contributed by atoms with van der Waals surface area (Å²) in [6, 6.07) is 1.44. The Morgan fingerprint density at radius 3 is 2.87 bits per heavy atom. The first-order valence-electron chi connectivity index (χ1n) is 7.30. The normalized spacial score (nSPS) is 11.1. The van der Waals surface area contributed by atoms with Crippen molar-refractivity contribution in [3.63, 3.8) is 0 Å². The summed E-state index contributed by atoms with van der Waals surface area (Å²) >= 11 is 1.42. The number of aromatic nitrogens is 4. The highest BCUT2D eigenvalue weighted by molar-refractivity contribution is 7.13. The molecule has 0 spiro atoms. The molecule has 7 nitrogen and oxygen atoms in total. The first-order valence-corrected chi connectivity index (χ1v) is 8.18. The van der Waals surface area contributed by atoms with Crippen LogP contribution in [0.25, 0.3) is 5.65 Å². The average molecular weight is 331 g/mol. The minimum atomic E-state index is -0.212. The largest absolute Gasteiger partial charge is 0.302 e. The van der Waals surface area contributed by atoms with Crippen LogP contribution in [0, 0.1) is 13.8 Å². The lowest BCUT2D eigenvalue weighted by atomic mass is 10.1. The van der Waals surface area contributed by atoms with Crippen molar-refractivity contribution in [2.45, 2.75) is 33.6 Å². The number of aryl methyl sites for hydroxylation is 3. The first kappa shape index (κ1) is 15.4. The summed E-state index contributed by atoms with van der Waals surface area (Å²) in [6.07, 6.45) is 1.02. The minimum absolute atomic E-state index is 0.149. The van der Waals surface area contributed by atoms with Crippen molar-refractivity contribution >= 4 is 28.0 Å². The molecule has 0 atom stereocenters. The highest BCUT2D eigenvalue weighted by atomic mass is 32.1. The second kappa shape index (κ2) is 5.96. The monoisotopic (exact) mass is 331 g/mol. The number of rotatable bonds is 4. The van der Waals surface area contributed by atoms with Gasteiger partial charge in [-0.05, 0) is 20.3 Å². The van der Waals surface area contributed by atoms with E-state index >= 15 is 0 Å². The Hall–Kier alpha value is -2.48. The van der Waals surface area contributed by atoms with E-state index in [0.29, 0.717) is 10.8 Å². The third-order valence-corrected chi connectivity index (χ3v) is 4.51. The van der Waals surface area contributed by atoms with Crippen molar-refractivity contribution in [3.05, 3.63) is 44.4 Å². The van der Waals surface area contributed by atoms with Gasteiger partial charge < -0.3 is 5.32 Å². The number of fused-ring (bicyclic) bond motifs is 1. The van der Waals surface area contributed by atoms with E-state index in [2.05, 4.69) is 20.4 Å². The molecule has 23 heavy (non-hydrogen) atoms. The molecule has 3 rings (SSSR count). The third kappa shape index (κ3) is 3.02. The fourth-order valence-electron chi connectivity index (χ4n) is 2.46. The Balaban J connectivity index is 1.85. The standard InChI is InChI=1S/C15H17N5O2S/c1-4-10-7-23-15(17-10)18-13(21)5-11-8(2)16-12-6-14(22)19-20(12)9(11)3/h6-7H,4-5H2,1-3H3,(H,19,22)(H,17,18,21). The molecule has 1 amide bonds. The predicted octanol–water partition coefficient (Wildman–Crippen LogP) is 1.84. The third-order valence-electron chi connectivity index (χ3n) is 3.70. The molecule has 0 bridgehead atoms. The molecule has 120 valence electrons. The number of hydrogen-bond donors (Lipinski definition) is 2. The number of nitrogens with one attached hydrogen (secondary N) is 2. The molecule has 0 saturated heterocycles. The number of aromatic amines is 1. The fourth-order valence-corrected chi connectivity index (χ4v) is 3.27. The van der Waals surface area contributed by atoms with E-state index in [4.69, 9.17) is 0 Å². The van der Waals surface area contributed by atoms with Gasteiger partial charge in [0.05, 0.1) is 12.1 Å². The maximum Gasteiger partial charge on any atom is 0.266 e. The number of thiazole rings is 1. The highest BCUT2D eigenvalue weighted by Crippen LogP contribution is 2.18. The molecule has 3 aromatic rings. The van der Waals surface area contributed by atoms with Gasteiger partial charge in [-0.1, -0.05) is 6.92 Å². The number of H-pyrrole nitrogens is 1. The van der Waals surface area contributed by atoms with Crippen molar-refractivity contribution in [1.29, 1.82) is 0 Å². The van der Waals surface area contributed by atoms with Gasteiger partial charge in [0.15, 0.2) is 10.8 Å². The molecular weight excluding hydrogens is 314 g/mol. The van der Waals surface area contributed by atoms with Crippen LogP contribution in [0.3, 0.4) is 0 Å². The van der Waals surface area contributed by atoms with E-state index in [0.717, 1.165) is 29.1 Å². The minimum Gasteiger partial charge on any atom is -0.302 e. The topological polar surface area (TPSA) is 92.1 Å². The lowest BCUT2D eigenvalue weighted by molar-refractivity contribution is -0.115. The summed E-state index contributed by atoms with van der Waals surface area (Å²) in [5.74, 6) is -0.149. The maximum atomic E-state index is 12.3. The van der Waals surface area contributed by atoms with Crippen LogP contribution >= 0.6 is 11.3 Å². The first-order chi connectivity index (χ1) is 11.0. The van der Waals surface area contributed by atoms with Crippen LogP contribution in [0.1, 0.15) is 29.6 Å². The number of hydrogen-bond acceptors (Lipinski definition) is 5. The number of carbonyl (C=O) groups excluding carboxylic acids is 1. The Morgan fingerprint density at radius 2 is 2.17 bits per heavy atom. The zero-order valence-corrected chi connectivity index (χ0v) is 14.0. The number of amides is 1. The Bertz CT molecular complexity index is 937. The van der Waals surface area contributed by atoms with Gasteiger partial charge in [0.25, 0.3) is 5.56 Å². The van der Waals surface area contributed by atoms with Gasteiger partial charge in [0.1, 0.15) is 0 Å². The quantitative estimate of drug-likeness (QED) is 0.763. The van der Waals surface area contributed by atoms with Gasteiger partial charge in [-0.15, -0.1) is 11.3 Å². The zero-order chi connectivity index (χ0) is 16.6. The summed E-state index contributed by atoms with van der Waals surface area (Å²) in [5.41, 5.74) is 3.65. The average Bonchev–Trinajstić information content (AvgIpc) is 3.09. The van der Waals surface area contributed by atoms with E-state index < -0.39 is 0 Å². The van der Waals surface area contributed by atoms with Gasteiger partial charge in [-0.2, -0.15) is 0 Å².